The van der Waals surface area contributed by atoms with Crippen molar-refractivity contribution in [2.75, 3.05) is 25.6 Å². The third-order valence-corrected chi connectivity index (χ3v) is 5.68. The number of aromatic nitrogens is 1. The summed E-state index contributed by atoms with van der Waals surface area (Å²) in [5.74, 6) is 0.0380. The molecule has 0 aliphatic rings. The standard InChI is InChI=1S/C17H21FN4O3S/c1-4-22(5-2)26(23,24)14-7-9-17(19-12-14)21-20-11-13-6-8-16(25-3)15(18)10-13/h6-12H,4-5H2,1-3H3,(H,19,21)/b20-11-. The van der Waals surface area contributed by atoms with Gasteiger partial charge in [0.25, 0.3) is 0 Å². The first-order valence-electron chi connectivity index (χ1n) is 8.01. The number of pyridine rings is 1. The van der Waals surface area contributed by atoms with Crippen LogP contribution < -0.4 is 10.2 Å². The van der Waals surface area contributed by atoms with E-state index in [1.165, 1.54) is 48.1 Å². The maximum Gasteiger partial charge on any atom is 0.244 e. The Bertz CT molecular complexity index is 866. The molecule has 0 fully saturated rings. The van der Waals surface area contributed by atoms with E-state index < -0.39 is 15.8 Å². The molecule has 1 heterocycles. The molecule has 0 aliphatic heterocycles. The smallest absolute Gasteiger partial charge is 0.244 e. The van der Waals surface area contributed by atoms with Crippen LogP contribution in [0.2, 0.25) is 0 Å². The molecular weight excluding hydrogens is 359 g/mol. The van der Waals surface area contributed by atoms with Crippen molar-refractivity contribution >= 4 is 22.1 Å². The van der Waals surface area contributed by atoms with Crippen LogP contribution >= 0.6 is 0 Å². The van der Waals surface area contributed by atoms with Gasteiger partial charge in [-0.1, -0.05) is 13.8 Å². The molecule has 1 N–H and O–H groups in total. The number of hydrazone groups is 1. The van der Waals surface area contributed by atoms with E-state index in [9.17, 15) is 12.8 Å². The molecule has 140 valence electrons. The fourth-order valence-corrected chi connectivity index (χ4v) is 3.65. The van der Waals surface area contributed by atoms with Gasteiger partial charge >= 0.3 is 0 Å². The molecule has 1 aromatic heterocycles. The average molecular weight is 380 g/mol. The van der Waals surface area contributed by atoms with Crippen LogP contribution in [0.3, 0.4) is 0 Å². The summed E-state index contributed by atoms with van der Waals surface area (Å²) in [5.41, 5.74) is 3.21. The van der Waals surface area contributed by atoms with E-state index in [4.69, 9.17) is 4.74 Å². The largest absolute Gasteiger partial charge is 0.494 e. The van der Waals surface area contributed by atoms with E-state index in [0.29, 0.717) is 24.5 Å². The Morgan fingerprint density at radius 2 is 2.00 bits per heavy atom. The van der Waals surface area contributed by atoms with Crippen LogP contribution in [0.4, 0.5) is 10.2 Å². The van der Waals surface area contributed by atoms with Gasteiger partial charge in [0.1, 0.15) is 10.7 Å². The summed E-state index contributed by atoms with van der Waals surface area (Å²) in [7, 11) is -2.15. The average Bonchev–Trinajstić information content (AvgIpc) is 2.63. The van der Waals surface area contributed by atoms with Crippen LogP contribution in [0.1, 0.15) is 19.4 Å². The maximum absolute atomic E-state index is 13.6. The Kier molecular flexibility index (Phi) is 6.64. The number of anilines is 1. The molecule has 0 unspecified atom stereocenters. The van der Waals surface area contributed by atoms with Gasteiger partial charge in [-0.3, -0.25) is 5.43 Å². The monoisotopic (exact) mass is 380 g/mol. The van der Waals surface area contributed by atoms with Gasteiger partial charge in [0.2, 0.25) is 10.0 Å². The molecule has 0 saturated carbocycles. The first kappa shape index (κ1) is 19.8. The van der Waals surface area contributed by atoms with Crippen molar-refractivity contribution in [2.24, 2.45) is 5.10 Å². The number of halogens is 1. The number of nitrogens with zero attached hydrogens (tertiary/aromatic N) is 3. The number of sulfonamides is 1. The number of rotatable bonds is 8. The summed E-state index contributed by atoms with van der Waals surface area (Å²) >= 11 is 0. The molecular formula is C17H21FN4O3S. The van der Waals surface area contributed by atoms with Gasteiger partial charge in [0.05, 0.1) is 13.3 Å². The number of methoxy groups -OCH3 is 1. The Morgan fingerprint density at radius 1 is 1.27 bits per heavy atom. The molecule has 7 nitrogen and oxygen atoms in total. The van der Waals surface area contributed by atoms with E-state index in [2.05, 4.69) is 15.5 Å². The highest BCUT2D eigenvalue weighted by atomic mass is 32.2. The lowest BCUT2D eigenvalue weighted by Crippen LogP contribution is -2.30. The van der Waals surface area contributed by atoms with Crippen molar-refractivity contribution in [1.29, 1.82) is 0 Å². The van der Waals surface area contributed by atoms with Gasteiger partial charge in [-0.15, -0.1) is 0 Å². The molecule has 0 radical (unpaired) electrons. The minimum absolute atomic E-state index is 0.118. The quantitative estimate of drug-likeness (QED) is 0.562. The van der Waals surface area contributed by atoms with Crippen LogP contribution in [0, 0.1) is 5.82 Å². The number of ether oxygens (including phenoxy) is 1. The van der Waals surface area contributed by atoms with Crippen molar-refractivity contribution in [2.45, 2.75) is 18.7 Å². The zero-order chi connectivity index (χ0) is 19.2. The fraction of sp³-hybridized carbons (Fsp3) is 0.294. The van der Waals surface area contributed by atoms with Crippen LogP contribution in [0.25, 0.3) is 0 Å². The lowest BCUT2D eigenvalue weighted by atomic mass is 10.2. The van der Waals surface area contributed by atoms with Gasteiger partial charge in [0.15, 0.2) is 11.6 Å². The van der Waals surface area contributed by atoms with E-state index in [0.717, 1.165) is 0 Å². The van der Waals surface area contributed by atoms with Crippen molar-refractivity contribution in [3.05, 3.63) is 47.9 Å². The van der Waals surface area contributed by atoms with Crippen LogP contribution in [0.15, 0.2) is 46.5 Å². The molecule has 26 heavy (non-hydrogen) atoms. The molecule has 0 atom stereocenters. The van der Waals surface area contributed by atoms with Crippen LogP contribution in [0.5, 0.6) is 5.75 Å². The zero-order valence-electron chi connectivity index (χ0n) is 14.8. The molecule has 0 amide bonds. The third kappa shape index (κ3) is 4.55. The van der Waals surface area contributed by atoms with Gasteiger partial charge in [-0.25, -0.2) is 17.8 Å². The van der Waals surface area contributed by atoms with Gasteiger partial charge in [0, 0.05) is 19.3 Å². The van der Waals surface area contributed by atoms with Crippen LogP contribution in [-0.2, 0) is 10.0 Å². The van der Waals surface area contributed by atoms with Gasteiger partial charge in [-0.2, -0.15) is 9.41 Å². The van der Waals surface area contributed by atoms with Crippen molar-refractivity contribution in [1.82, 2.24) is 9.29 Å². The number of hydrogen-bond donors (Lipinski definition) is 1. The molecule has 9 heteroatoms. The zero-order valence-corrected chi connectivity index (χ0v) is 15.6. The molecule has 2 rings (SSSR count). The van der Waals surface area contributed by atoms with Crippen LogP contribution in [-0.4, -0.2) is 44.1 Å². The Balaban J connectivity index is 2.07. The Labute approximate surface area is 152 Å². The predicted molar refractivity (Wildman–Crippen MR) is 98.5 cm³/mol. The highest BCUT2D eigenvalue weighted by Crippen LogP contribution is 2.17. The van der Waals surface area contributed by atoms with Crippen molar-refractivity contribution in [3.63, 3.8) is 0 Å². The summed E-state index contributed by atoms with van der Waals surface area (Å²) in [4.78, 5) is 4.17. The second kappa shape index (κ2) is 8.72. The molecule has 1 aromatic carbocycles. The molecule has 0 saturated heterocycles. The minimum atomic E-state index is -3.54. The lowest BCUT2D eigenvalue weighted by molar-refractivity contribution is 0.386. The second-order valence-corrected chi connectivity index (χ2v) is 7.17. The third-order valence-electron chi connectivity index (χ3n) is 3.65. The summed E-state index contributed by atoms with van der Waals surface area (Å²) in [6.45, 7) is 4.34. The molecule has 0 spiro atoms. The maximum atomic E-state index is 13.6. The number of nitrogens with one attached hydrogen (secondary N) is 1. The van der Waals surface area contributed by atoms with Gasteiger partial charge < -0.3 is 4.74 Å². The Hall–Kier alpha value is -2.52. The summed E-state index contributed by atoms with van der Waals surface area (Å²) in [5, 5.41) is 3.96. The highest BCUT2D eigenvalue weighted by molar-refractivity contribution is 7.89. The summed E-state index contributed by atoms with van der Waals surface area (Å²) in [6, 6.07) is 7.42. The van der Waals surface area contributed by atoms with E-state index in [1.807, 2.05) is 0 Å². The topological polar surface area (TPSA) is 83.9 Å². The summed E-state index contributed by atoms with van der Waals surface area (Å²) < 4.78 is 44.6. The minimum Gasteiger partial charge on any atom is -0.494 e. The normalized spacial score (nSPS) is 11.9. The van der Waals surface area contributed by atoms with E-state index in [1.54, 1.807) is 19.9 Å². The first-order valence-corrected chi connectivity index (χ1v) is 9.45. The molecule has 0 bridgehead atoms. The van der Waals surface area contributed by atoms with E-state index in [-0.39, 0.29) is 10.6 Å². The lowest BCUT2D eigenvalue weighted by Gasteiger charge is -2.18. The fourth-order valence-electron chi connectivity index (χ4n) is 2.25. The van der Waals surface area contributed by atoms with Gasteiger partial charge in [-0.05, 0) is 35.9 Å². The first-order chi connectivity index (χ1) is 12.4. The summed E-state index contributed by atoms with van der Waals surface area (Å²) in [6.07, 6.45) is 2.70. The molecule has 0 aliphatic carbocycles. The number of benzene rings is 1. The van der Waals surface area contributed by atoms with E-state index >= 15 is 0 Å². The SMILES string of the molecule is CCN(CC)S(=O)(=O)c1ccc(N/N=C\c2ccc(OC)c(F)c2)nc1. The Morgan fingerprint density at radius 3 is 2.54 bits per heavy atom. The van der Waals surface area contributed by atoms with Crippen molar-refractivity contribution in [3.8, 4) is 5.75 Å². The van der Waals surface area contributed by atoms with Crippen molar-refractivity contribution < 1.29 is 17.5 Å². The number of hydrogen-bond acceptors (Lipinski definition) is 6. The molecule has 2 aromatic rings. The second-order valence-electron chi connectivity index (χ2n) is 5.23. The highest BCUT2D eigenvalue weighted by Gasteiger charge is 2.21. The predicted octanol–water partition coefficient (Wildman–Crippen LogP) is 2.71.